The minimum Gasteiger partial charge on any atom is -0.545 e. The van der Waals surface area contributed by atoms with Gasteiger partial charge in [0.1, 0.15) is 5.52 Å². The summed E-state index contributed by atoms with van der Waals surface area (Å²) in [5.74, 6) is -1.18. The van der Waals surface area contributed by atoms with Crippen LogP contribution in [0.25, 0.3) is 11.0 Å². The SMILES string of the molecule is O=C([O-])c1ccc2c(c1)nnn2C1CCCC1. The van der Waals surface area contributed by atoms with E-state index in [1.165, 1.54) is 18.9 Å². The van der Waals surface area contributed by atoms with E-state index in [4.69, 9.17) is 0 Å². The zero-order valence-corrected chi connectivity index (χ0v) is 9.30. The van der Waals surface area contributed by atoms with Gasteiger partial charge in [-0.3, -0.25) is 0 Å². The van der Waals surface area contributed by atoms with Gasteiger partial charge in [0.05, 0.1) is 17.5 Å². The first kappa shape index (κ1) is 10.3. The molecule has 0 amide bonds. The number of hydrogen-bond acceptors (Lipinski definition) is 4. The van der Waals surface area contributed by atoms with Gasteiger partial charge in [-0.25, -0.2) is 4.68 Å². The third-order valence-corrected chi connectivity index (χ3v) is 3.38. The van der Waals surface area contributed by atoms with E-state index in [0.29, 0.717) is 11.6 Å². The van der Waals surface area contributed by atoms with Gasteiger partial charge in [0.2, 0.25) is 0 Å². The van der Waals surface area contributed by atoms with Crippen LogP contribution in [0.1, 0.15) is 42.1 Å². The quantitative estimate of drug-likeness (QED) is 0.768. The number of rotatable bonds is 2. The van der Waals surface area contributed by atoms with Crippen molar-refractivity contribution in [1.29, 1.82) is 0 Å². The molecule has 1 aliphatic carbocycles. The van der Waals surface area contributed by atoms with Crippen LogP contribution in [0.5, 0.6) is 0 Å². The Balaban J connectivity index is 2.07. The maximum Gasteiger partial charge on any atom is 0.113 e. The summed E-state index contributed by atoms with van der Waals surface area (Å²) in [6.07, 6.45) is 4.70. The molecule has 88 valence electrons. The molecule has 0 atom stereocenters. The number of carboxylic acid groups (broad SMARTS) is 1. The lowest BCUT2D eigenvalue weighted by atomic mass is 10.2. The average Bonchev–Trinajstić information content (AvgIpc) is 2.96. The molecule has 0 bridgehead atoms. The fourth-order valence-electron chi connectivity index (χ4n) is 2.49. The van der Waals surface area contributed by atoms with Crippen molar-refractivity contribution in [2.75, 3.05) is 0 Å². The highest BCUT2D eigenvalue weighted by Gasteiger charge is 2.20. The van der Waals surface area contributed by atoms with Crippen molar-refractivity contribution in [3.05, 3.63) is 23.8 Å². The van der Waals surface area contributed by atoms with Crippen molar-refractivity contribution >= 4 is 17.0 Å². The zero-order chi connectivity index (χ0) is 11.8. The van der Waals surface area contributed by atoms with Gasteiger partial charge in [0.25, 0.3) is 0 Å². The van der Waals surface area contributed by atoms with Gasteiger partial charge in [0, 0.05) is 0 Å². The van der Waals surface area contributed by atoms with Gasteiger partial charge in [-0.2, -0.15) is 0 Å². The van der Waals surface area contributed by atoms with E-state index in [2.05, 4.69) is 10.3 Å². The zero-order valence-electron chi connectivity index (χ0n) is 9.30. The Morgan fingerprint density at radius 3 is 2.82 bits per heavy atom. The monoisotopic (exact) mass is 230 g/mol. The smallest absolute Gasteiger partial charge is 0.113 e. The molecule has 1 saturated carbocycles. The number of nitrogens with zero attached hydrogens (tertiary/aromatic N) is 3. The van der Waals surface area contributed by atoms with Crippen LogP contribution in [-0.2, 0) is 0 Å². The summed E-state index contributed by atoms with van der Waals surface area (Å²) in [5.41, 5.74) is 1.68. The highest BCUT2D eigenvalue weighted by atomic mass is 16.4. The van der Waals surface area contributed by atoms with Crippen molar-refractivity contribution in [3.63, 3.8) is 0 Å². The third kappa shape index (κ3) is 1.67. The van der Waals surface area contributed by atoms with Gasteiger partial charge in [0.15, 0.2) is 0 Å². The molecule has 5 heteroatoms. The molecule has 0 spiro atoms. The Kier molecular flexibility index (Phi) is 2.31. The summed E-state index contributed by atoms with van der Waals surface area (Å²) in [6.45, 7) is 0. The number of hydrogen-bond donors (Lipinski definition) is 0. The average molecular weight is 230 g/mol. The molecule has 2 aromatic rings. The number of fused-ring (bicyclic) bond motifs is 1. The summed E-state index contributed by atoms with van der Waals surface area (Å²) in [7, 11) is 0. The first-order valence-corrected chi connectivity index (χ1v) is 5.82. The van der Waals surface area contributed by atoms with Gasteiger partial charge >= 0.3 is 0 Å². The minimum absolute atomic E-state index is 0.149. The highest BCUT2D eigenvalue weighted by molar-refractivity contribution is 5.90. The molecule has 0 aliphatic heterocycles. The molecule has 5 nitrogen and oxygen atoms in total. The predicted octanol–water partition coefficient (Wildman–Crippen LogP) is 0.910. The van der Waals surface area contributed by atoms with Crippen molar-refractivity contribution < 1.29 is 9.90 Å². The van der Waals surface area contributed by atoms with Crippen LogP contribution in [0.2, 0.25) is 0 Å². The summed E-state index contributed by atoms with van der Waals surface area (Å²) in [4.78, 5) is 10.7. The van der Waals surface area contributed by atoms with Crippen LogP contribution >= 0.6 is 0 Å². The second kappa shape index (κ2) is 3.84. The molecule has 0 unspecified atom stereocenters. The molecule has 0 saturated heterocycles. The van der Waals surface area contributed by atoms with Crippen LogP contribution in [0, 0.1) is 0 Å². The summed E-state index contributed by atoms with van der Waals surface area (Å²) in [6, 6.07) is 5.24. The largest absolute Gasteiger partial charge is 0.545 e. The molecule has 3 rings (SSSR count). The number of aromatic carboxylic acids is 1. The minimum atomic E-state index is -1.18. The molecule has 17 heavy (non-hydrogen) atoms. The maximum absolute atomic E-state index is 10.7. The van der Waals surface area contributed by atoms with Gasteiger partial charge in [-0.15, -0.1) is 5.10 Å². The number of carboxylic acids is 1. The molecule has 0 radical (unpaired) electrons. The molecule has 0 N–H and O–H groups in total. The van der Waals surface area contributed by atoms with E-state index in [1.807, 2.05) is 4.68 Å². The van der Waals surface area contributed by atoms with E-state index in [0.717, 1.165) is 18.4 Å². The van der Waals surface area contributed by atoms with Crippen molar-refractivity contribution in [2.24, 2.45) is 0 Å². The van der Waals surface area contributed by atoms with Crippen LogP contribution in [0.15, 0.2) is 18.2 Å². The predicted molar refractivity (Wildman–Crippen MR) is 59.4 cm³/mol. The lowest BCUT2D eigenvalue weighted by Crippen LogP contribution is -2.22. The molecule has 1 fully saturated rings. The van der Waals surface area contributed by atoms with Crippen molar-refractivity contribution in [1.82, 2.24) is 15.0 Å². The maximum atomic E-state index is 10.7. The van der Waals surface area contributed by atoms with Crippen LogP contribution in [0.4, 0.5) is 0 Å². The molecule has 1 aromatic carbocycles. The van der Waals surface area contributed by atoms with Crippen LogP contribution in [0.3, 0.4) is 0 Å². The summed E-state index contributed by atoms with van der Waals surface area (Å²) in [5, 5.41) is 18.9. The number of benzene rings is 1. The van der Waals surface area contributed by atoms with Crippen molar-refractivity contribution in [2.45, 2.75) is 31.7 Å². The Bertz CT molecular complexity index is 570. The van der Waals surface area contributed by atoms with Crippen LogP contribution < -0.4 is 5.11 Å². The van der Waals surface area contributed by atoms with E-state index in [1.54, 1.807) is 12.1 Å². The topological polar surface area (TPSA) is 70.8 Å². The van der Waals surface area contributed by atoms with E-state index in [9.17, 15) is 9.90 Å². The Morgan fingerprint density at radius 2 is 2.12 bits per heavy atom. The van der Waals surface area contributed by atoms with E-state index < -0.39 is 5.97 Å². The number of carbonyl (C=O) groups excluding carboxylic acids is 1. The highest BCUT2D eigenvalue weighted by Crippen LogP contribution is 2.31. The normalized spacial score (nSPS) is 16.7. The van der Waals surface area contributed by atoms with E-state index >= 15 is 0 Å². The molecule has 1 aromatic heterocycles. The Hall–Kier alpha value is -1.91. The standard InChI is InChI=1S/C12H13N3O2/c16-12(17)8-5-6-11-10(7-8)13-14-15(11)9-3-1-2-4-9/h5-7,9H,1-4H2,(H,16,17)/p-1. The molecular weight excluding hydrogens is 218 g/mol. The lowest BCUT2D eigenvalue weighted by molar-refractivity contribution is -0.255. The summed E-state index contributed by atoms with van der Waals surface area (Å²) < 4.78 is 1.92. The van der Waals surface area contributed by atoms with Gasteiger partial charge in [-0.05, 0) is 30.5 Å². The fraction of sp³-hybridized carbons (Fsp3) is 0.417. The van der Waals surface area contributed by atoms with Crippen LogP contribution in [-0.4, -0.2) is 21.0 Å². The molecular formula is C12H12N3O2-. The third-order valence-electron chi connectivity index (χ3n) is 3.38. The second-order valence-electron chi connectivity index (χ2n) is 4.46. The lowest BCUT2D eigenvalue weighted by Gasteiger charge is -2.09. The van der Waals surface area contributed by atoms with Gasteiger partial charge in [-0.1, -0.05) is 24.1 Å². The number of carbonyl (C=O) groups is 1. The van der Waals surface area contributed by atoms with Crippen molar-refractivity contribution in [3.8, 4) is 0 Å². The Morgan fingerprint density at radius 1 is 1.35 bits per heavy atom. The molecule has 1 aliphatic rings. The second-order valence-corrected chi connectivity index (χ2v) is 4.46. The fourth-order valence-corrected chi connectivity index (χ4v) is 2.49. The van der Waals surface area contributed by atoms with Gasteiger partial charge < -0.3 is 9.90 Å². The number of aromatic nitrogens is 3. The molecule has 1 heterocycles. The Labute approximate surface area is 98.0 Å². The first-order chi connectivity index (χ1) is 8.25. The van der Waals surface area contributed by atoms with E-state index in [-0.39, 0.29) is 5.56 Å². The summed E-state index contributed by atoms with van der Waals surface area (Å²) >= 11 is 0. The first-order valence-electron chi connectivity index (χ1n) is 5.82.